The van der Waals surface area contributed by atoms with Crippen LogP contribution in [-0.4, -0.2) is 24.1 Å². The SMILES string of the molecule is c1ccc(-c2nc(-c3ccccc3)nc(-n3c4ccccc4c4cc(-c5cccc6c5oc5ccc(-n7c8ccccc8c8ccccc87)cc56)ccc43)n2)cc1. The van der Waals surface area contributed by atoms with E-state index in [0.717, 1.165) is 71.7 Å². The number of nitrogens with zero attached hydrogens (tertiary/aromatic N) is 5. The fraction of sp³-hybridized carbons (Fsp3) is 0. The second kappa shape index (κ2) is 12.3. The van der Waals surface area contributed by atoms with Gasteiger partial charge in [-0.05, 0) is 54.1 Å². The summed E-state index contributed by atoms with van der Waals surface area (Å²) < 4.78 is 11.2. The van der Waals surface area contributed by atoms with Crippen molar-refractivity contribution in [3.05, 3.63) is 188 Å². The van der Waals surface area contributed by atoms with Gasteiger partial charge in [0.1, 0.15) is 11.2 Å². The van der Waals surface area contributed by atoms with Crippen molar-refractivity contribution >= 4 is 65.6 Å². The van der Waals surface area contributed by atoms with Crippen LogP contribution in [-0.2, 0) is 0 Å². The predicted molar refractivity (Wildman–Crippen MR) is 232 cm³/mol. The fourth-order valence-corrected chi connectivity index (χ4v) is 8.61. The van der Waals surface area contributed by atoms with E-state index in [4.69, 9.17) is 19.4 Å². The van der Waals surface area contributed by atoms with Crippen molar-refractivity contribution in [3.8, 4) is 45.5 Å². The summed E-state index contributed by atoms with van der Waals surface area (Å²) in [4.78, 5) is 15.1. The van der Waals surface area contributed by atoms with Gasteiger partial charge in [-0.3, -0.25) is 4.57 Å². The molecule has 0 fully saturated rings. The largest absolute Gasteiger partial charge is 0.455 e. The molecule has 0 radical (unpaired) electrons. The third-order valence-corrected chi connectivity index (χ3v) is 11.2. The van der Waals surface area contributed by atoms with E-state index in [-0.39, 0.29) is 0 Å². The van der Waals surface area contributed by atoms with Gasteiger partial charge < -0.3 is 8.98 Å². The first kappa shape index (κ1) is 31.5. The van der Waals surface area contributed by atoms with Crippen LogP contribution in [0.1, 0.15) is 0 Å². The quantitative estimate of drug-likeness (QED) is 0.177. The molecular weight excluding hydrogens is 699 g/mol. The Kier molecular flexibility index (Phi) is 6.83. The van der Waals surface area contributed by atoms with Crippen molar-refractivity contribution < 1.29 is 4.42 Å². The standard InChI is InChI=1S/C51H31N5O/c1-3-14-32(15-4-1)49-52-50(33-16-5-2-6-17-33)54-51(53-49)56-45-25-12-9-20-39(45)41-30-34(26-28-46(41)56)36-21-13-22-40-42-31-35(27-29-47(42)57-48(36)40)55-43-23-10-7-18-37(43)38-19-8-11-24-44(38)55/h1-31H. The maximum absolute atomic E-state index is 6.73. The molecule has 0 spiro atoms. The number of fused-ring (bicyclic) bond motifs is 9. The van der Waals surface area contributed by atoms with E-state index < -0.39 is 0 Å². The Morgan fingerprint density at radius 3 is 1.54 bits per heavy atom. The Balaban J connectivity index is 1.03. The summed E-state index contributed by atoms with van der Waals surface area (Å²) in [5.41, 5.74) is 11.2. The normalized spacial score (nSPS) is 11.9. The zero-order valence-corrected chi connectivity index (χ0v) is 30.5. The molecule has 12 rings (SSSR count). The molecule has 6 heteroatoms. The summed E-state index contributed by atoms with van der Waals surface area (Å²) in [6.45, 7) is 0. The Hall–Kier alpha value is -7.83. The average Bonchev–Trinajstić information content (AvgIpc) is 3.94. The Labute approximate surface area is 326 Å². The van der Waals surface area contributed by atoms with Gasteiger partial charge in [0, 0.05) is 54.7 Å². The van der Waals surface area contributed by atoms with Gasteiger partial charge in [0.2, 0.25) is 5.95 Å². The molecule has 8 aromatic carbocycles. The van der Waals surface area contributed by atoms with Gasteiger partial charge in [-0.25, -0.2) is 4.98 Å². The molecule has 0 aliphatic heterocycles. The minimum Gasteiger partial charge on any atom is -0.455 e. The third-order valence-electron chi connectivity index (χ3n) is 11.2. The average molecular weight is 730 g/mol. The first-order valence-electron chi connectivity index (χ1n) is 19.1. The van der Waals surface area contributed by atoms with E-state index in [0.29, 0.717) is 17.6 Å². The summed E-state index contributed by atoms with van der Waals surface area (Å²) in [6, 6.07) is 65.5. The number of furan rings is 1. The van der Waals surface area contributed by atoms with Crippen LogP contribution in [0, 0.1) is 0 Å². The van der Waals surface area contributed by atoms with Gasteiger partial charge in [0.15, 0.2) is 11.6 Å². The molecule has 0 unspecified atom stereocenters. The molecule has 4 aromatic heterocycles. The van der Waals surface area contributed by atoms with Gasteiger partial charge in [-0.15, -0.1) is 0 Å². The summed E-state index contributed by atoms with van der Waals surface area (Å²) in [6.07, 6.45) is 0. The smallest absolute Gasteiger partial charge is 0.238 e. The highest BCUT2D eigenvalue weighted by Crippen LogP contribution is 2.41. The molecule has 0 saturated carbocycles. The first-order chi connectivity index (χ1) is 28.3. The second-order valence-electron chi connectivity index (χ2n) is 14.4. The summed E-state index contributed by atoms with van der Waals surface area (Å²) in [5.74, 6) is 1.82. The lowest BCUT2D eigenvalue weighted by atomic mass is 10.00. The van der Waals surface area contributed by atoms with Crippen LogP contribution in [0.15, 0.2) is 192 Å². The monoisotopic (exact) mass is 729 g/mol. The van der Waals surface area contributed by atoms with Gasteiger partial charge in [-0.1, -0.05) is 140 Å². The zero-order chi connectivity index (χ0) is 37.5. The van der Waals surface area contributed by atoms with Crippen LogP contribution in [0.5, 0.6) is 0 Å². The van der Waals surface area contributed by atoms with Crippen molar-refractivity contribution in [1.82, 2.24) is 24.1 Å². The molecule has 6 nitrogen and oxygen atoms in total. The van der Waals surface area contributed by atoms with Crippen LogP contribution in [0.3, 0.4) is 0 Å². The Bertz CT molecular complexity index is 3410. The number of aromatic nitrogens is 5. The van der Waals surface area contributed by atoms with Crippen LogP contribution >= 0.6 is 0 Å². The number of rotatable bonds is 5. The first-order valence-corrected chi connectivity index (χ1v) is 19.1. The van der Waals surface area contributed by atoms with Crippen LogP contribution in [0.2, 0.25) is 0 Å². The lowest BCUT2D eigenvalue weighted by Crippen LogP contribution is -2.06. The van der Waals surface area contributed by atoms with Crippen LogP contribution in [0.25, 0.3) is 111 Å². The molecule has 12 aromatic rings. The number of benzene rings is 8. The number of hydrogen-bond acceptors (Lipinski definition) is 4. The lowest BCUT2D eigenvalue weighted by Gasteiger charge is -2.11. The maximum Gasteiger partial charge on any atom is 0.238 e. The maximum atomic E-state index is 6.73. The summed E-state index contributed by atoms with van der Waals surface area (Å²) >= 11 is 0. The molecular formula is C51H31N5O. The fourth-order valence-electron chi connectivity index (χ4n) is 8.61. The summed E-state index contributed by atoms with van der Waals surface area (Å²) in [7, 11) is 0. The zero-order valence-electron chi connectivity index (χ0n) is 30.5. The van der Waals surface area contributed by atoms with Crippen molar-refractivity contribution in [2.45, 2.75) is 0 Å². The second-order valence-corrected chi connectivity index (χ2v) is 14.4. The molecule has 4 heterocycles. The molecule has 0 aliphatic rings. The minimum atomic E-state index is 0.570. The molecule has 0 amide bonds. The number of hydrogen-bond donors (Lipinski definition) is 0. The molecule has 266 valence electrons. The topological polar surface area (TPSA) is 61.7 Å². The highest BCUT2D eigenvalue weighted by atomic mass is 16.3. The highest BCUT2D eigenvalue weighted by Gasteiger charge is 2.20. The minimum absolute atomic E-state index is 0.570. The predicted octanol–water partition coefficient (Wildman–Crippen LogP) is 13.0. The lowest BCUT2D eigenvalue weighted by molar-refractivity contribution is 0.670. The Morgan fingerprint density at radius 2 is 0.895 bits per heavy atom. The van der Waals surface area contributed by atoms with E-state index in [1.807, 2.05) is 60.7 Å². The molecule has 0 saturated heterocycles. The van der Waals surface area contributed by atoms with Crippen molar-refractivity contribution in [2.24, 2.45) is 0 Å². The van der Waals surface area contributed by atoms with E-state index in [9.17, 15) is 0 Å². The molecule has 0 aliphatic carbocycles. The van der Waals surface area contributed by atoms with Gasteiger partial charge in [0.05, 0.1) is 22.1 Å². The molecule has 0 bridgehead atoms. The van der Waals surface area contributed by atoms with Crippen molar-refractivity contribution in [3.63, 3.8) is 0 Å². The molecule has 0 N–H and O–H groups in total. The van der Waals surface area contributed by atoms with E-state index in [2.05, 4.69) is 137 Å². The number of para-hydroxylation sites is 4. The van der Waals surface area contributed by atoms with Gasteiger partial charge in [-0.2, -0.15) is 9.97 Å². The Morgan fingerprint density at radius 1 is 0.351 bits per heavy atom. The van der Waals surface area contributed by atoms with E-state index in [1.54, 1.807) is 0 Å². The summed E-state index contributed by atoms with van der Waals surface area (Å²) in [5, 5.41) is 6.88. The van der Waals surface area contributed by atoms with Crippen molar-refractivity contribution in [2.75, 3.05) is 0 Å². The highest BCUT2D eigenvalue weighted by molar-refractivity contribution is 6.14. The third kappa shape index (κ3) is 4.87. The van der Waals surface area contributed by atoms with Crippen LogP contribution < -0.4 is 0 Å². The van der Waals surface area contributed by atoms with Gasteiger partial charge >= 0.3 is 0 Å². The van der Waals surface area contributed by atoms with Crippen LogP contribution in [0.4, 0.5) is 0 Å². The van der Waals surface area contributed by atoms with E-state index >= 15 is 0 Å². The molecule has 0 atom stereocenters. The van der Waals surface area contributed by atoms with E-state index in [1.165, 1.54) is 21.8 Å². The molecule has 57 heavy (non-hydrogen) atoms. The van der Waals surface area contributed by atoms with Gasteiger partial charge in [0.25, 0.3) is 0 Å². The van der Waals surface area contributed by atoms with Crippen molar-refractivity contribution in [1.29, 1.82) is 0 Å².